The molecule has 6 nitrogen and oxygen atoms in total. The Labute approximate surface area is 235 Å². The summed E-state index contributed by atoms with van der Waals surface area (Å²) in [6.07, 6.45) is 2.90. The lowest BCUT2D eigenvalue weighted by atomic mass is 9.89. The number of fused-ring (bicyclic) bond motifs is 3. The van der Waals surface area contributed by atoms with Crippen LogP contribution in [0.15, 0.2) is 30.3 Å². The number of nitrogens with one attached hydrogen (secondary N) is 2. The minimum atomic E-state index is -1.86. The van der Waals surface area contributed by atoms with Gasteiger partial charge >= 0.3 is 0 Å². The predicted octanol–water partition coefficient (Wildman–Crippen LogP) is 5.60. The molecule has 3 aromatic rings. The van der Waals surface area contributed by atoms with Gasteiger partial charge in [-0.15, -0.1) is 5.54 Å². The van der Waals surface area contributed by atoms with Crippen LogP contribution in [0.4, 0.5) is 14.5 Å². The number of nitriles is 1. The second-order valence-corrected chi connectivity index (χ2v) is 16.4. The fourth-order valence-corrected chi connectivity index (χ4v) is 5.99. The average Bonchev–Trinajstić information content (AvgIpc) is 3.24. The number of hydrogen-bond donors (Lipinski definition) is 2. The highest BCUT2D eigenvalue weighted by Crippen LogP contribution is 2.42. The van der Waals surface area contributed by atoms with Crippen LogP contribution in [-0.2, 0) is 11.2 Å². The van der Waals surface area contributed by atoms with Gasteiger partial charge in [-0.05, 0) is 54.6 Å². The van der Waals surface area contributed by atoms with E-state index in [9.17, 15) is 18.8 Å². The number of benzene rings is 2. The van der Waals surface area contributed by atoms with Gasteiger partial charge in [0.2, 0.25) is 0 Å². The maximum absolute atomic E-state index is 15.0. The number of amides is 1. The van der Waals surface area contributed by atoms with Crippen molar-refractivity contribution in [3.63, 3.8) is 0 Å². The SMILES string of the molecule is CCCCN[C@H]1Cc2c([nH]c3c(F)cc(F)cc23)[C@H](c2ccc(N3CCC3)c(C#N)c2)N1C(=O)C#C[Si](C)(C)C. The highest BCUT2D eigenvalue weighted by molar-refractivity contribution is 6.84. The van der Waals surface area contributed by atoms with Crippen molar-refractivity contribution in [3.05, 3.63) is 64.4 Å². The molecule has 0 aliphatic carbocycles. The maximum Gasteiger partial charge on any atom is 0.299 e. The second-order valence-electron chi connectivity index (χ2n) is 11.7. The zero-order chi connectivity index (χ0) is 28.6. The summed E-state index contributed by atoms with van der Waals surface area (Å²) < 4.78 is 29.4. The summed E-state index contributed by atoms with van der Waals surface area (Å²) in [6, 6.07) is 9.58. The molecule has 1 fully saturated rings. The van der Waals surface area contributed by atoms with E-state index in [1.807, 2.05) is 18.2 Å². The van der Waals surface area contributed by atoms with E-state index < -0.39 is 31.9 Å². The summed E-state index contributed by atoms with van der Waals surface area (Å²) in [6.45, 7) is 10.8. The van der Waals surface area contributed by atoms with Gasteiger partial charge in [0.15, 0.2) is 0 Å². The van der Waals surface area contributed by atoms with E-state index in [1.54, 1.807) is 4.90 Å². The molecule has 9 heteroatoms. The Morgan fingerprint density at radius 1 is 1.20 bits per heavy atom. The number of carbonyl (C=O) groups excluding carboxylic acids is 1. The number of hydrogen-bond acceptors (Lipinski definition) is 4. The van der Waals surface area contributed by atoms with Crippen LogP contribution in [0, 0.1) is 34.4 Å². The number of anilines is 1. The molecule has 40 heavy (non-hydrogen) atoms. The lowest BCUT2D eigenvalue weighted by Crippen LogP contribution is -2.54. The van der Waals surface area contributed by atoms with E-state index >= 15 is 0 Å². The molecule has 1 aromatic heterocycles. The molecule has 5 rings (SSSR count). The Morgan fingerprint density at radius 2 is 1.98 bits per heavy atom. The first-order chi connectivity index (χ1) is 19.1. The van der Waals surface area contributed by atoms with E-state index in [4.69, 9.17) is 0 Å². The van der Waals surface area contributed by atoms with Crippen molar-refractivity contribution >= 4 is 30.6 Å². The molecule has 2 aliphatic rings. The number of H-pyrrole nitrogens is 1. The lowest BCUT2D eigenvalue weighted by molar-refractivity contribution is -0.130. The molecule has 1 saturated heterocycles. The molecule has 1 amide bonds. The fraction of sp³-hybridized carbons (Fsp3) is 0.419. The van der Waals surface area contributed by atoms with Crippen LogP contribution < -0.4 is 10.2 Å². The molecule has 0 unspecified atom stereocenters. The van der Waals surface area contributed by atoms with Crippen molar-refractivity contribution in [1.82, 2.24) is 15.2 Å². The fourth-order valence-electron chi connectivity index (χ4n) is 5.51. The molecular weight excluding hydrogens is 524 g/mol. The average molecular weight is 560 g/mol. The molecule has 0 bridgehead atoms. The molecule has 208 valence electrons. The van der Waals surface area contributed by atoms with Crippen LogP contribution in [-0.4, -0.2) is 49.7 Å². The van der Waals surface area contributed by atoms with Gasteiger partial charge in [0.25, 0.3) is 5.91 Å². The monoisotopic (exact) mass is 559 g/mol. The van der Waals surface area contributed by atoms with Crippen molar-refractivity contribution in [3.8, 4) is 17.5 Å². The van der Waals surface area contributed by atoms with Crippen LogP contribution in [0.3, 0.4) is 0 Å². The molecule has 2 aliphatic heterocycles. The summed E-state index contributed by atoms with van der Waals surface area (Å²) in [5.74, 6) is 1.25. The Hall–Kier alpha value is -3.66. The van der Waals surface area contributed by atoms with Gasteiger partial charge in [-0.1, -0.05) is 39.1 Å². The van der Waals surface area contributed by atoms with Crippen molar-refractivity contribution in [2.75, 3.05) is 24.5 Å². The molecule has 0 radical (unpaired) electrons. The number of aromatic amines is 1. The third-order valence-corrected chi connectivity index (χ3v) is 8.47. The molecule has 2 atom stereocenters. The molecule has 2 N–H and O–H groups in total. The number of rotatable bonds is 6. The molecule has 0 saturated carbocycles. The number of halogens is 2. The van der Waals surface area contributed by atoms with Crippen LogP contribution in [0.25, 0.3) is 10.9 Å². The van der Waals surface area contributed by atoms with Crippen molar-refractivity contribution in [1.29, 1.82) is 5.26 Å². The number of carbonyl (C=O) groups is 1. The molecular formula is C31H35F2N5OSi. The Kier molecular flexibility index (Phi) is 7.72. The van der Waals surface area contributed by atoms with E-state index in [0.717, 1.165) is 55.2 Å². The summed E-state index contributed by atoms with van der Waals surface area (Å²) in [7, 11) is -1.86. The van der Waals surface area contributed by atoms with Crippen molar-refractivity contribution in [2.45, 2.75) is 64.5 Å². The minimum Gasteiger partial charge on any atom is -0.370 e. The van der Waals surface area contributed by atoms with Crippen molar-refractivity contribution < 1.29 is 13.6 Å². The molecule has 2 aromatic carbocycles. The largest absolute Gasteiger partial charge is 0.370 e. The normalized spacial score (nSPS) is 18.5. The lowest BCUT2D eigenvalue weighted by Gasteiger charge is -2.42. The second kappa shape index (κ2) is 11.1. The first-order valence-corrected chi connectivity index (χ1v) is 17.5. The van der Waals surface area contributed by atoms with Gasteiger partial charge in [0.1, 0.15) is 25.8 Å². The summed E-state index contributed by atoms with van der Waals surface area (Å²) in [4.78, 5) is 21.0. The van der Waals surface area contributed by atoms with Crippen LogP contribution in [0.1, 0.15) is 54.6 Å². The maximum atomic E-state index is 15.0. The van der Waals surface area contributed by atoms with Gasteiger partial charge in [0.05, 0.1) is 29.0 Å². The topological polar surface area (TPSA) is 75.2 Å². The number of nitrogens with zero attached hydrogens (tertiary/aromatic N) is 3. The van der Waals surface area contributed by atoms with Gasteiger partial charge < -0.3 is 14.8 Å². The van der Waals surface area contributed by atoms with E-state index in [2.05, 4.69) is 59.3 Å². The zero-order valence-electron chi connectivity index (χ0n) is 23.5. The van der Waals surface area contributed by atoms with E-state index in [0.29, 0.717) is 29.6 Å². The predicted molar refractivity (Wildman–Crippen MR) is 156 cm³/mol. The molecule has 0 spiro atoms. The van der Waals surface area contributed by atoms with Crippen LogP contribution in [0.2, 0.25) is 19.6 Å². The highest BCUT2D eigenvalue weighted by Gasteiger charge is 2.41. The van der Waals surface area contributed by atoms with Gasteiger partial charge in [-0.3, -0.25) is 10.1 Å². The third kappa shape index (κ3) is 5.37. The Balaban J connectivity index is 1.72. The number of unbranched alkanes of at least 4 members (excludes halogenated alkanes) is 1. The van der Waals surface area contributed by atoms with Crippen LogP contribution in [0.5, 0.6) is 0 Å². The van der Waals surface area contributed by atoms with Gasteiger partial charge in [-0.25, -0.2) is 8.78 Å². The highest BCUT2D eigenvalue weighted by atomic mass is 28.3. The Bertz CT molecular complexity index is 1550. The first kappa shape index (κ1) is 27.9. The summed E-state index contributed by atoms with van der Waals surface area (Å²) in [5, 5.41) is 14.0. The summed E-state index contributed by atoms with van der Waals surface area (Å²) in [5.41, 5.74) is 6.91. The smallest absolute Gasteiger partial charge is 0.299 e. The van der Waals surface area contributed by atoms with Gasteiger partial charge in [-0.2, -0.15) is 5.26 Å². The Morgan fingerprint density at radius 3 is 2.62 bits per heavy atom. The standard InChI is InChI=1S/C31H35F2N5OSi/c1-5-6-11-35-27-18-24-23-16-22(32)17-25(33)29(23)36-30(24)31(38(27)28(39)10-14-40(2,3)4)20-8-9-26(21(15-20)19-34)37-12-7-13-37/h8-9,15-17,27,31,35-36H,5-7,11-13,18H2,1-4H3/t27-,31+/m1/s1. The van der Waals surface area contributed by atoms with Crippen molar-refractivity contribution in [2.24, 2.45) is 0 Å². The summed E-state index contributed by atoms with van der Waals surface area (Å²) >= 11 is 0. The van der Waals surface area contributed by atoms with Crippen LogP contribution >= 0.6 is 0 Å². The quantitative estimate of drug-likeness (QED) is 0.234. The molecule has 3 heterocycles. The third-order valence-electron chi connectivity index (χ3n) is 7.59. The van der Waals surface area contributed by atoms with E-state index in [-0.39, 0.29) is 11.4 Å². The van der Waals surface area contributed by atoms with Gasteiger partial charge in [0, 0.05) is 36.7 Å². The first-order valence-electron chi connectivity index (χ1n) is 14.0. The van der Waals surface area contributed by atoms with E-state index in [1.165, 1.54) is 6.07 Å². The minimum absolute atomic E-state index is 0.212. The number of aromatic nitrogens is 1. The zero-order valence-corrected chi connectivity index (χ0v) is 24.5.